The second-order valence-electron chi connectivity index (χ2n) is 5.46. The van der Waals surface area contributed by atoms with Gasteiger partial charge in [0, 0.05) is 0 Å². The van der Waals surface area contributed by atoms with Gasteiger partial charge in [-0.25, -0.2) is 13.1 Å². The predicted molar refractivity (Wildman–Crippen MR) is 74.2 cm³/mol. The normalized spacial score (nSPS) is 21.3. The van der Waals surface area contributed by atoms with E-state index in [4.69, 9.17) is 11.1 Å². The summed E-state index contributed by atoms with van der Waals surface area (Å²) >= 11 is 0. The molecule has 0 atom stereocenters. The molecule has 18 heavy (non-hydrogen) atoms. The van der Waals surface area contributed by atoms with Gasteiger partial charge in [-0.15, -0.1) is 0 Å². The lowest BCUT2D eigenvalue weighted by Crippen LogP contribution is -2.58. The van der Waals surface area contributed by atoms with Crippen LogP contribution in [0.5, 0.6) is 0 Å². The van der Waals surface area contributed by atoms with Gasteiger partial charge in [0.05, 0.1) is 10.8 Å². The Bertz CT molecular complexity index is 382. The van der Waals surface area contributed by atoms with Gasteiger partial charge in [0.25, 0.3) is 0 Å². The molecule has 6 heteroatoms. The highest BCUT2D eigenvalue weighted by Crippen LogP contribution is 2.27. The molecule has 0 bridgehead atoms. The SMILES string of the molecule is CC(C)S(=O)(=O)NC1(C(=N)N)CCCCCCC1. The van der Waals surface area contributed by atoms with E-state index < -0.39 is 20.8 Å². The van der Waals surface area contributed by atoms with E-state index in [0.29, 0.717) is 12.8 Å². The van der Waals surface area contributed by atoms with Gasteiger partial charge in [0.1, 0.15) is 5.84 Å². The fraction of sp³-hybridized carbons (Fsp3) is 0.917. The van der Waals surface area contributed by atoms with E-state index in [1.807, 2.05) is 0 Å². The molecule has 1 saturated carbocycles. The Balaban J connectivity index is 2.95. The quantitative estimate of drug-likeness (QED) is 0.538. The monoisotopic (exact) mass is 275 g/mol. The molecule has 1 aliphatic carbocycles. The van der Waals surface area contributed by atoms with Gasteiger partial charge in [-0.1, -0.05) is 32.1 Å². The fourth-order valence-electron chi connectivity index (χ4n) is 2.33. The standard InChI is InChI=1S/C12H25N3O2S/c1-10(2)18(16,17)15-12(11(13)14)8-6-4-3-5-7-9-12/h10,15H,3-9H2,1-2H3,(H3,13,14). The van der Waals surface area contributed by atoms with E-state index in [1.165, 1.54) is 6.42 Å². The third kappa shape index (κ3) is 3.68. The maximum Gasteiger partial charge on any atom is 0.214 e. The van der Waals surface area contributed by atoms with Gasteiger partial charge < -0.3 is 5.73 Å². The first-order valence-electron chi connectivity index (χ1n) is 6.67. The molecule has 0 aromatic rings. The van der Waals surface area contributed by atoms with Crippen molar-refractivity contribution in [1.29, 1.82) is 5.41 Å². The molecule has 1 rings (SSSR count). The van der Waals surface area contributed by atoms with Crippen LogP contribution >= 0.6 is 0 Å². The van der Waals surface area contributed by atoms with Crippen molar-refractivity contribution in [3.05, 3.63) is 0 Å². The number of sulfonamides is 1. The van der Waals surface area contributed by atoms with Crippen LogP contribution in [-0.2, 0) is 10.0 Å². The minimum atomic E-state index is -3.40. The van der Waals surface area contributed by atoms with Crippen molar-refractivity contribution >= 4 is 15.9 Å². The zero-order chi connectivity index (χ0) is 13.8. The summed E-state index contributed by atoms with van der Waals surface area (Å²) in [7, 11) is -3.40. The fourth-order valence-corrected chi connectivity index (χ4v) is 3.42. The Kier molecular flexibility index (Phi) is 5.16. The van der Waals surface area contributed by atoms with E-state index in [0.717, 1.165) is 25.7 Å². The van der Waals surface area contributed by atoms with Crippen molar-refractivity contribution in [1.82, 2.24) is 4.72 Å². The Labute approximate surface area is 110 Å². The van der Waals surface area contributed by atoms with Crippen molar-refractivity contribution in [2.24, 2.45) is 5.73 Å². The van der Waals surface area contributed by atoms with Gasteiger partial charge in [-0.2, -0.15) is 0 Å². The van der Waals surface area contributed by atoms with Gasteiger partial charge in [-0.05, 0) is 26.7 Å². The van der Waals surface area contributed by atoms with Crippen LogP contribution in [-0.4, -0.2) is 25.0 Å². The molecule has 0 aromatic heterocycles. The lowest BCUT2D eigenvalue weighted by molar-refractivity contribution is 0.366. The van der Waals surface area contributed by atoms with E-state index in [2.05, 4.69) is 4.72 Å². The molecule has 4 N–H and O–H groups in total. The van der Waals surface area contributed by atoms with Gasteiger partial charge >= 0.3 is 0 Å². The molecule has 1 aliphatic rings. The third-order valence-electron chi connectivity index (χ3n) is 3.68. The van der Waals surface area contributed by atoms with Crippen LogP contribution in [0.25, 0.3) is 0 Å². The minimum absolute atomic E-state index is 0.0476. The highest BCUT2D eigenvalue weighted by Gasteiger charge is 2.38. The average molecular weight is 275 g/mol. The van der Waals surface area contributed by atoms with Gasteiger partial charge in [0.15, 0.2) is 0 Å². The summed E-state index contributed by atoms with van der Waals surface area (Å²) in [6.07, 6.45) is 6.45. The molecule has 1 fully saturated rings. The predicted octanol–water partition coefficient (Wildman–Crippen LogP) is 1.73. The van der Waals surface area contributed by atoms with Crippen molar-refractivity contribution in [2.75, 3.05) is 0 Å². The molecule has 0 heterocycles. The molecular formula is C12H25N3O2S. The lowest BCUT2D eigenvalue weighted by atomic mass is 9.84. The van der Waals surface area contributed by atoms with E-state index in [9.17, 15) is 8.42 Å². The summed E-state index contributed by atoms with van der Waals surface area (Å²) < 4.78 is 26.8. The molecule has 0 radical (unpaired) electrons. The van der Waals surface area contributed by atoms with E-state index >= 15 is 0 Å². The zero-order valence-electron chi connectivity index (χ0n) is 11.3. The Morgan fingerprint density at radius 1 is 1.17 bits per heavy atom. The van der Waals surface area contributed by atoms with Crippen LogP contribution in [0.15, 0.2) is 0 Å². The van der Waals surface area contributed by atoms with Crippen molar-refractivity contribution in [2.45, 2.75) is 69.6 Å². The molecule has 0 saturated heterocycles. The van der Waals surface area contributed by atoms with Gasteiger partial charge in [-0.3, -0.25) is 5.41 Å². The number of hydrogen-bond donors (Lipinski definition) is 3. The number of nitrogens with one attached hydrogen (secondary N) is 2. The maximum atomic E-state index is 12.0. The van der Waals surface area contributed by atoms with Crippen LogP contribution in [0.4, 0.5) is 0 Å². The van der Waals surface area contributed by atoms with Crippen molar-refractivity contribution in [3.63, 3.8) is 0 Å². The Morgan fingerprint density at radius 3 is 2.00 bits per heavy atom. The second kappa shape index (κ2) is 6.02. The topological polar surface area (TPSA) is 96.0 Å². The molecule has 0 spiro atoms. The highest BCUT2D eigenvalue weighted by atomic mass is 32.2. The summed E-state index contributed by atoms with van der Waals surface area (Å²) in [6, 6.07) is 0. The smallest absolute Gasteiger partial charge is 0.214 e. The van der Waals surface area contributed by atoms with Crippen LogP contribution in [0, 0.1) is 5.41 Å². The van der Waals surface area contributed by atoms with Crippen molar-refractivity contribution < 1.29 is 8.42 Å². The van der Waals surface area contributed by atoms with Crippen LogP contribution < -0.4 is 10.5 Å². The van der Waals surface area contributed by atoms with E-state index in [1.54, 1.807) is 13.8 Å². The zero-order valence-corrected chi connectivity index (χ0v) is 12.1. The first kappa shape index (κ1) is 15.4. The van der Waals surface area contributed by atoms with Crippen LogP contribution in [0.2, 0.25) is 0 Å². The first-order chi connectivity index (χ1) is 8.30. The summed E-state index contributed by atoms with van der Waals surface area (Å²) in [4.78, 5) is 0. The highest BCUT2D eigenvalue weighted by molar-refractivity contribution is 7.90. The molecule has 0 amide bonds. The minimum Gasteiger partial charge on any atom is -0.386 e. The Morgan fingerprint density at radius 2 is 1.61 bits per heavy atom. The molecule has 0 aliphatic heterocycles. The summed E-state index contributed by atoms with van der Waals surface area (Å²) in [5.41, 5.74) is 4.83. The Hall–Kier alpha value is -0.620. The number of rotatable bonds is 4. The largest absolute Gasteiger partial charge is 0.386 e. The maximum absolute atomic E-state index is 12.0. The second-order valence-corrected chi connectivity index (χ2v) is 7.70. The average Bonchev–Trinajstić information content (AvgIpc) is 2.21. The molecule has 106 valence electrons. The molecule has 5 nitrogen and oxygen atoms in total. The lowest BCUT2D eigenvalue weighted by Gasteiger charge is -2.35. The summed E-state index contributed by atoms with van der Waals surface area (Å²) in [6.45, 7) is 3.28. The first-order valence-corrected chi connectivity index (χ1v) is 8.22. The van der Waals surface area contributed by atoms with Crippen molar-refractivity contribution in [3.8, 4) is 0 Å². The third-order valence-corrected chi connectivity index (χ3v) is 5.60. The summed E-state index contributed by atoms with van der Waals surface area (Å²) in [5.74, 6) is -0.0476. The number of amidine groups is 1. The van der Waals surface area contributed by atoms with E-state index in [-0.39, 0.29) is 5.84 Å². The molecule has 0 unspecified atom stereocenters. The van der Waals surface area contributed by atoms with Crippen LogP contribution in [0.1, 0.15) is 58.8 Å². The number of hydrogen-bond acceptors (Lipinski definition) is 3. The van der Waals surface area contributed by atoms with Gasteiger partial charge in [0.2, 0.25) is 10.0 Å². The molecule has 0 aromatic carbocycles. The molecular weight excluding hydrogens is 250 g/mol. The number of nitrogens with two attached hydrogens (primary N) is 1. The summed E-state index contributed by atoms with van der Waals surface area (Å²) in [5, 5.41) is 7.28. The van der Waals surface area contributed by atoms with Crippen LogP contribution in [0.3, 0.4) is 0 Å².